The number of nitro groups is 1. The van der Waals surface area contributed by atoms with Crippen LogP contribution >= 0.6 is 0 Å². The van der Waals surface area contributed by atoms with E-state index in [-0.39, 0.29) is 23.3 Å². The Morgan fingerprint density at radius 2 is 1.41 bits per heavy atom. The van der Waals surface area contributed by atoms with Gasteiger partial charge in [-0.2, -0.15) is 0 Å². The third-order valence-electron chi connectivity index (χ3n) is 7.87. The van der Waals surface area contributed by atoms with Crippen molar-refractivity contribution in [3.8, 4) is 5.75 Å². The van der Waals surface area contributed by atoms with Gasteiger partial charge in [-0.1, -0.05) is 84.9 Å². The minimum absolute atomic E-state index is 0.0817. The van der Waals surface area contributed by atoms with Crippen molar-refractivity contribution in [1.82, 2.24) is 0 Å². The number of Topliss-reactive ketones (excluding diaryl/α,β-unsaturated/α-hetero) is 1. The average molecular weight is 516 g/mol. The minimum Gasteiger partial charge on any atom is -0.485 e. The second-order valence-electron chi connectivity index (χ2n) is 9.96. The van der Waals surface area contributed by atoms with Gasteiger partial charge >= 0.3 is 0 Å². The average Bonchev–Trinajstić information content (AvgIpc) is 3.00. The number of aldehydes is 1. The van der Waals surface area contributed by atoms with Crippen molar-refractivity contribution in [2.24, 2.45) is 11.8 Å². The Bertz CT molecular complexity index is 1560. The Morgan fingerprint density at radius 1 is 0.795 bits per heavy atom. The van der Waals surface area contributed by atoms with E-state index in [0.29, 0.717) is 16.9 Å². The maximum Gasteiger partial charge on any atom is 0.269 e. The minimum atomic E-state index is -0.639. The SMILES string of the molecule is O=CC1=C[C@H]2[C@H](c3ccccc3O[C@H]2c2ccccc2)[C@H](C(=O)c2ccc([N+](=O)[O-])cc2)[C@H]1c1ccccc1. The van der Waals surface area contributed by atoms with E-state index in [0.717, 1.165) is 23.0 Å². The van der Waals surface area contributed by atoms with E-state index < -0.39 is 22.9 Å². The summed E-state index contributed by atoms with van der Waals surface area (Å²) in [4.78, 5) is 37.9. The highest BCUT2D eigenvalue weighted by Crippen LogP contribution is 2.57. The number of hydrogen-bond donors (Lipinski definition) is 0. The Balaban J connectivity index is 1.58. The molecule has 0 N–H and O–H groups in total. The third kappa shape index (κ3) is 4.34. The maximum absolute atomic E-state index is 14.5. The van der Waals surface area contributed by atoms with E-state index in [1.54, 1.807) is 0 Å². The van der Waals surface area contributed by atoms with Gasteiger partial charge in [0.15, 0.2) is 5.78 Å². The van der Waals surface area contributed by atoms with Crippen LogP contribution in [0.1, 0.15) is 45.0 Å². The summed E-state index contributed by atoms with van der Waals surface area (Å²) in [6, 6.07) is 32.9. The first-order chi connectivity index (χ1) is 19.1. The zero-order chi connectivity index (χ0) is 26.9. The number of para-hydroxylation sites is 1. The zero-order valence-electron chi connectivity index (χ0n) is 20.9. The number of benzene rings is 4. The van der Waals surface area contributed by atoms with Gasteiger partial charge in [-0.15, -0.1) is 0 Å². The largest absolute Gasteiger partial charge is 0.485 e. The summed E-state index contributed by atoms with van der Waals surface area (Å²) in [5.74, 6) is -1.16. The molecule has 2 aliphatic rings. The standard InChI is InChI=1S/C33H25NO5/c35-20-24-19-27-30(26-13-7-8-14-28(26)39-33(27)23-11-5-2-6-12-23)31(29(24)21-9-3-1-4-10-21)32(36)22-15-17-25(18-16-22)34(37)38/h1-20,27,29-31,33H/t27-,29-,30-,31+,33-/m0/s1. The van der Waals surface area contributed by atoms with E-state index in [4.69, 9.17) is 4.74 Å². The lowest BCUT2D eigenvalue weighted by molar-refractivity contribution is -0.384. The van der Waals surface area contributed by atoms with E-state index in [9.17, 15) is 19.7 Å². The molecular weight excluding hydrogens is 490 g/mol. The fourth-order valence-corrected chi connectivity index (χ4v) is 6.20. The smallest absolute Gasteiger partial charge is 0.269 e. The molecule has 1 aliphatic heterocycles. The molecule has 0 amide bonds. The van der Waals surface area contributed by atoms with E-state index in [2.05, 4.69) is 0 Å². The van der Waals surface area contributed by atoms with Crippen LogP contribution < -0.4 is 4.74 Å². The molecule has 6 heteroatoms. The molecule has 6 rings (SSSR count). The molecule has 192 valence electrons. The molecule has 6 nitrogen and oxygen atoms in total. The lowest BCUT2D eigenvalue weighted by atomic mass is 9.58. The number of nitrogens with zero attached hydrogens (tertiary/aromatic N) is 1. The normalized spacial score (nSPS) is 23.4. The van der Waals surface area contributed by atoms with Gasteiger partial charge in [-0.05, 0) is 40.5 Å². The lowest BCUT2D eigenvalue weighted by Gasteiger charge is -2.47. The molecule has 4 aromatic rings. The number of rotatable bonds is 6. The van der Waals surface area contributed by atoms with Crippen LogP contribution in [0.15, 0.2) is 121 Å². The molecule has 0 aromatic heterocycles. The van der Waals surface area contributed by atoms with Crippen LogP contribution in [-0.4, -0.2) is 17.0 Å². The van der Waals surface area contributed by atoms with Crippen molar-refractivity contribution < 1.29 is 19.2 Å². The molecule has 5 atom stereocenters. The number of ether oxygens (including phenoxy) is 1. The van der Waals surface area contributed by atoms with Gasteiger partial charge < -0.3 is 4.74 Å². The molecule has 0 saturated carbocycles. The highest BCUT2D eigenvalue weighted by molar-refractivity contribution is 6.01. The van der Waals surface area contributed by atoms with Gasteiger partial charge in [-0.25, -0.2) is 0 Å². The molecule has 0 spiro atoms. The van der Waals surface area contributed by atoms with Crippen LogP contribution in [0.3, 0.4) is 0 Å². The van der Waals surface area contributed by atoms with Gasteiger partial charge in [0.05, 0.1) is 4.92 Å². The van der Waals surface area contributed by atoms with Crippen LogP contribution in [0.4, 0.5) is 5.69 Å². The second kappa shape index (κ2) is 10.1. The van der Waals surface area contributed by atoms with Crippen LogP contribution in [0.5, 0.6) is 5.75 Å². The molecule has 0 fully saturated rings. The number of carbonyl (C=O) groups excluding carboxylic acids is 2. The number of hydrogen-bond acceptors (Lipinski definition) is 5. The number of allylic oxidation sites excluding steroid dienone is 1. The Kier molecular flexibility index (Phi) is 6.37. The molecule has 1 heterocycles. The maximum atomic E-state index is 14.5. The summed E-state index contributed by atoms with van der Waals surface area (Å²) in [5.41, 5.74) is 3.57. The van der Waals surface area contributed by atoms with Crippen molar-refractivity contribution in [3.05, 3.63) is 153 Å². The molecular formula is C33H25NO5. The second-order valence-corrected chi connectivity index (χ2v) is 9.96. The van der Waals surface area contributed by atoms with Crippen molar-refractivity contribution in [3.63, 3.8) is 0 Å². The Hall–Kier alpha value is -4.84. The predicted octanol–water partition coefficient (Wildman–Crippen LogP) is 6.85. The lowest BCUT2D eigenvalue weighted by Crippen LogP contribution is -2.42. The summed E-state index contributed by atoms with van der Waals surface area (Å²) in [6.07, 6.45) is 2.44. The molecule has 0 bridgehead atoms. The quantitative estimate of drug-likeness (QED) is 0.121. The van der Waals surface area contributed by atoms with Crippen LogP contribution in [-0.2, 0) is 4.79 Å². The van der Waals surface area contributed by atoms with Crippen molar-refractivity contribution >= 4 is 17.8 Å². The fourth-order valence-electron chi connectivity index (χ4n) is 6.20. The topological polar surface area (TPSA) is 86.5 Å². The Labute approximate surface area is 225 Å². The van der Waals surface area contributed by atoms with Gasteiger partial charge in [0.25, 0.3) is 5.69 Å². The number of nitro benzene ring substituents is 1. The summed E-state index contributed by atoms with van der Waals surface area (Å²) >= 11 is 0. The predicted molar refractivity (Wildman–Crippen MR) is 147 cm³/mol. The van der Waals surface area contributed by atoms with Gasteiger partial charge in [0.2, 0.25) is 0 Å². The van der Waals surface area contributed by atoms with Crippen LogP contribution in [0.2, 0.25) is 0 Å². The highest BCUT2D eigenvalue weighted by atomic mass is 16.6. The first-order valence-corrected chi connectivity index (χ1v) is 12.9. The molecule has 0 saturated heterocycles. The first-order valence-electron chi connectivity index (χ1n) is 12.9. The Morgan fingerprint density at radius 3 is 2.05 bits per heavy atom. The zero-order valence-corrected chi connectivity index (χ0v) is 20.9. The molecule has 0 radical (unpaired) electrons. The molecule has 39 heavy (non-hydrogen) atoms. The molecule has 0 unspecified atom stereocenters. The summed E-state index contributed by atoms with van der Waals surface area (Å²) < 4.78 is 6.55. The van der Waals surface area contributed by atoms with Crippen molar-refractivity contribution in [1.29, 1.82) is 0 Å². The number of ketones is 1. The molecule has 4 aromatic carbocycles. The first kappa shape index (κ1) is 24.5. The van der Waals surface area contributed by atoms with Crippen LogP contribution in [0.25, 0.3) is 0 Å². The highest BCUT2D eigenvalue weighted by Gasteiger charge is 2.51. The van der Waals surface area contributed by atoms with Crippen molar-refractivity contribution in [2.45, 2.75) is 17.9 Å². The van der Waals surface area contributed by atoms with E-state index in [1.165, 1.54) is 24.3 Å². The van der Waals surface area contributed by atoms with Gasteiger partial charge in [-0.3, -0.25) is 19.7 Å². The van der Waals surface area contributed by atoms with Gasteiger partial charge in [0.1, 0.15) is 18.1 Å². The number of fused-ring (bicyclic) bond motifs is 3. The van der Waals surface area contributed by atoms with E-state index in [1.807, 2.05) is 91.0 Å². The fraction of sp³-hybridized carbons (Fsp3) is 0.152. The molecule has 1 aliphatic carbocycles. The summed E-state index contributed by atoms with van der Waals surface area (Å²) in [5, 5.41) is 11.3. The third-order valence-corrected chi connectivity index (χ3v) is 7.87. The van der Waals surface area contributed by atoms with Crippen molar-refractivity contribution in [2.75, 3.05) is 0 Å². The van der Waals surface area contributed by atoms with Gasteiger partial charge in [0, 0.05) is 41.4 Å². The summed E-state index contributed by atoms with van der Waals surface area (Å²) in [7, 11) is 0. The monoisotopic (exact) mass is 515 g/mol. The number of non-ortho nitro benzene ring substituents is 1. The van der Waals surface area contributed by atoms with E-state index >= 15 is 0 Å². The number of carbonyl (C=O) groups is 2. The summed E-state index contributed by atoms with van der Waals surface area (Å²) in [6.45, 7) is 0. The van der Waals surface area contributed by atoms with Crippen LogP contribution in [0, 0.1) is 22.0 Å².